The Hall–Kier alpha value is -1.55. The van der Waals surface area contributed by atoms with Crippen molar-refractivity contribution in [2.24, 2.45) is 5.73 Å². The largest absolute Gasteiger partial charge is 0.457 e. The summed E-state index contributed by atoms with van der Waals surface area (Å²) in [6, 6.07) is 13.2. The molecule has 2 aromatic carbocycles. The topological polar surface area (TPSA) is 44.5 Å². The Morgan fingerprint density at radius 2 is 2.00 bits per heavy atom. The Morgan fingerprint density at radius 3 is 2.74 bits per heavy atom. The first kappa shape index (κ1) is 13.9. The van der Waals surface area contributed by atoms with E-state index in [0.29, 0.717) is 23.9 Å². The fourth-order valence-electron chi connectivity index (χ4n) is 1.78. The third-order valence-corrected chi connectivity index (χ3v) is 2.92. The minimum absolute atomic E-state index is 0.407. The van der Waals surface area contributed by atoms with Gasteiger partial charge in [0, 0.05) is 24.2 Å². The number of nitrogens with two attached hydrogens (primary N) is 1. The van der Waals surface area contributed by atoms with Gasteiger partial charge in [-0.3, -0.25) is 0 Å². The van der Waals surface area contributed by atoms with Gasteiger partial charge in [-0.25, -0.2) is 0 Å². The van der Waals surface area contributed by atoms with Crippen molar-refractivity contribution >= 4 is 11.6 Å². The second-order valence-electron chi connectivity index (χ2n) is 4.14. The van der Waals surface area contributed by atoms with Crippen molar-refractivity contribution in [3.63, 3.8) is 0 Å². The van der Waals surface area contributed by atoms with E-state index in [4.69, 9.17) is 26.8 Å². The van der Waals surface area contributed by atoms with Gasteiger partial charge >= 0.3 is 0 Å². The Kier molecular flexibility index (Phi) is 4.80. The summed E-state index contributed by atoms with van der Waals surface area (Å²) in [6.45, 7) is 0.959. The molecule has 0 aliphatic rings. The minimum Gasteiger partial charge on any atom is -0.457 e. The Bertz CT molecular complexity index is 558. The zero-order valence-corrected chi connectivity index (χ0v) is 11.5. The standard InChI is InChI=1S/C15H16ClNO2/c1-18-10-11-3-2-4-14(7-11)19-15-8-13(16)6-5-12(15)9-17/h2-8H,9-10,17H2,1H3. The van der Waals surface area contributed by atoms with E-state index in [2.05, 4.69) is 0 Å². The number of hydrogen-bond acceptors (Lipinski definition) is 3. The second kappa shape index (κ2) is 6.57. The Morgan fingerprint density at radius 1 is 1.16 bits per heavy atom. The van der Waals surface area contributed by atoms with E-state index >= 15 is 0 Å². The van der Waals surface area contributed by atoms with Gasteiger partial charge in [0.05, 0.1) is 6.61 Å². The van der Waals surface area contributed by atoms with Gasteiger partial charge in [-0.1, -0.05) is 29.8 Å². The molecular weight excluding hydrogens is 262 g/mol. The van der Waals surface area contributed by atoms with Gasteiger partial charge in [-0.15, -0.1) is 0 Å². The van der Waals surface area contributed by atoms with Gasteiger partial charge in [0.15, 0.2) is 0 Å². The summed E-state index contributed by atoms with van der Waals surface area (Å²) in [4.78, 5) is 0. The third kappa shape index (κ3) is 3.70. The fourth-order valence-corrected chi connectivity index (χ4v) is 1.95. The second-order valence-corrected chi connectivity index (χ2v) is 4.58. The maximum absolute atomic E-state index is 5.98. The molecule has 0 fully saturated rings. The van der Waals surface area contributed by atoms with Gasteiger partial charge in [0.1, 0.15) is 11.5 Å². The van der Waals surface area contributed by atoms with E-state index in [9.17, 15) is 0 Å². The van der Waals surface area contributed by atoms with Gasteiger partial charge in [-0.05, 0) is 29.8 Å². The summed E-state index contributed by atoms with van der Waals surface area (Å²) in [6.07, 6.45) is 0. The molecule has 2 N–H and O–H groups in total. The lowest BCUT2D eigenvalue weighted by molar-refractivity contribution is 0.184. The molecule has 0 heterocycles. The molecule has 2 rings (SSSR count). The molecule has 0 atom stereocenters. The highest BCUT2D eigenvalue weighted by molar-refractivity contribution is 6.30. The van der Waals surface area contributed by atoms with Crippen molar-refractivity contribution in [1.29, 1.82) is 0 Å². The number of halogens is 1. The van der Waals surface area contributed by atoms with Crippen LogP contribution in [0.4, 0.5) is 0 Å². The number of hydrogen-bond donors (Lipinski definition) is 1. The van der Waals surface area contributed by atoms with E-state index < -0.39 is 0 Å². The molecule has 0 amide bonds. The maximum Gasteiger partial charge on any atom is 0.133 e. The van der Waals surface area contributed by atoms with Crippen molar-refractivity contribution in [3.05, 3.63) is 58.6 Å². The summed E-state index contributed by atoms with van der Waals surface area (Å²) in [7, 11) is 1.66. The summed E-state index contributed by atoms with van der Waals surface area (Å²) in [5.41, 5.74) is 7.66. The third-order valence-electron chi connectivity index (χ3n) is 2.69. The van der Waals surface area contributed by atoms with Crippen LogP contribution in [-0.2, 0) is 17.9 Å². The van der Waals surface area contributed by atoms with Gasteiger partial charge in [0.25, 0.3) is 0 Å². The number of benzene rings is 2. The average Bonchev–Trinajstić information content (AvgIpc) is 2.40. The van der Waals surface area contributed by atoms with Crippen LogP contribution >= 0.6 is 11.6 Å². The number of ether oxygens (including phenoxy) is 2. The maximum atomic E-state index is 5.98. The molecule has 4 heteroatoms. The van der Waals surface area contributed by atoms with Crippen molar-refractivity contribution in [3.8, 4) is 11.5 Å². The van der Waals surface area contributed by atoms with Crippen LogP contribution in [0.2, 0.25) is 5.02 Å². The number of rotatable bonds is 5. The lowest BCUT2D eigenvalue weighted by atomic mass is 10.2. The first-order valence-corrected chi connectivity index (χ1v) is 6.35. The predicted octanol–water partition coefficient (Wildman–Crippen LogP) is 3.74. The molecule has 0 aliphatic heterocycles. The summed E-state index contributed by atoms with van der Waals surface area (Å²) in [5.74, 6) is 1.43. The Balaban J connectivity index is 2.25. The highest BCUT2D eigenvalue weighted by atomic mass is 35.5. The predicted molar refractivity (Wildman–Crippen MR) is 76.6 cm³/mol. The number of methoxy groups -OCH3 is 1. The smallest absolute Gasteiger partial charge is 0.133 e. The van der Waals surface area contributed by atoms with E-state index in [1.807, 2.05) is 30.3 Å². The fraction of sp³-hybridized carbons (Fsp3) is 0.200. The van der Waals surface area contributed by atoms with Crippen LogP contribution < -0.4 is 10.5 Å². The quantitative estimate of drug-likeness (QED) is 0.905. The van der Waals surface area contributed by atoms with Crippen LogP contribution in [0, 0.1) is 0 Å². The van der Waals surface area contributed by atoms with Crippen molar-refractivity contribution < 1.29 is 9.47 Å². The molecule has 0 saturated heterocycles. The minimum atomic E-state index is 0.407. The van der Waals surface area contributed by atoms with E-state index in [0.717, 1.165) is 16.9 Å². The Labute approximate surface area is 117 Å². The molecule has 0 bridgehead atoms. The molecule has 0 radical (unpaired) electrons. The highest BCUT2D eigenvalue weighted by Crippen LogP contribution is 2.28. The molecule has 3 nitrogen and oxygen atoms in total. The van der Waals surface area contributed by atoms with Crippen LogP contribution in [0.1, 0.15) is 11.1 Å². The van der Waals surface area contributed by atoms with Gasteiger partial charge in [-0.2, -0.15) is 0 Å². The lowest BCUT2D eigenvalue weighted by Crippen LogP contribution is -1.99. The average molecular weight is 278 g/mol. The molecule has 0 unspecified atom stereocenters. The van der Waals surface area contributed by atoms with Crippen molar-refractivity contribution in [2.75, 3.05) is 7.11 Å². The van der Waals surface area contributed by atoms with Crippen LogP contribution in [0.5, 0.6) is 11.5 Å². The highest BCUT2D eigenvalue weighted by Gasteiger charge is 2.05. The zero-order chi connectivity index (χ0) is 13.7. The van der Waals surface area contributed by atoms with Crippen molar-refractivity contribution in [1.82, 2.24) is 0 Å². The first-order valence-electron chi connectivity index (χ1n) is 5.97. The molecule has 0 aromatic heterocycles. The molecule has 2 aromatic rings. The molecule has 0 saturated carbocycles. The molecule has 100 valence electrons. The van der Waals surface area contributed by atoms with Crippen molar-refractivity contribution in [2.45, 2.75) is 13.2 Å². The molecular formula is C15H16ClNO2. The summed E-state index contributed by atoms with van der Waals surface area (Å²) in [5, 5.41) is 0.625. The van der Waals surface area contributed by atoms with E-state index in [1.54, 1.807) is 19.2 Å². The summed E-state index contributed by atoms with van der Waals surface area (Å²) < 4.78 is 10.9. The van der Waals surface area contributed by atoms with Crippen LogP contribution in [0.15, 0.2) is 42.5 Å². The van der Waals surface area contributed by atoms with Crippen LogP contribution in [0.3, 0.4) is 0 Å². The molecule has 19 heavy (non-hydrogen) atoms. The normalized spacial score (nSPS) is 10.5. The molecule has 0 aliphatic carbocycles. The first-order chi connectivity index (χ1) is 9.22. The van der Waals surface area contributed by atoms with Crippen LogP contribution in [-0.4, -0.2) is 7.11 Å². The van der Waals surface area contributed by atoms with Crippen LogP contribution in [0.25, 0.3) is 0 Å². The van der Waals surface area contributed by atoms with Gasteiger partial charge < -0.3 is 15.2 Å². The molecule has 0 spiro atoms. The van der Waals surface area contributed by atoms with E-state index in [-0.39, 0.29) is 0 Å². The monoisotopic (exact) mass is 277 g/mol. The SMILES string of the molecule is COCc1cccc(Oc2cc(Cl)ccc2CN)c1. The summed E-state index contributed by atoms with van der Waals surface area (Å²) >= 11 is 5.98. The lowest BCUT2D eigenvalue weighted by Gasteiger charge is -2.11. The van der Waals surface area contributed by atoms with E-state index in [1.165, 1.54) is 0 Å². The van der Waals surface area contributed by atoms with Gasteiger partial charge in [0.2, 0.25) is 0 Å². The zero-order valence-electron chi connectivity index (χ0n) is 10.7.